The van der Waals surface area contributed by atoms with Crippen LogP contribution in [0, 0.1) is 0 Å². The number of fused-ring (bicyclic) bond motifs is 1. The lowest BCUT2D eigenvalue weighted by Gasteiger charge is -2.21. The molecule has 0 N–H and O–H groups in total. The summed E-state index contributed by atoms with van der Waals surface area (Å²) in [6.45, 7) is 3.89. The molecule has 0 fully saturated rings. The van der Waals surface area contributed by atoms with Crippen LogP contribution in [0.25, 0.3) is 5.57 Å². The van der Waals surface area contributed by atoms with Crippen molar-refractivity contribution in [3.63, 3.8) is 0 Å². The van der Waals surface area contributed by atoms with Crippen LogP contribution in [-0.4, -0.2) is 44.5 Å². The number of aryl methyl sites for hydroxylation is 1. The van der Waals surface area contributed by atoms with Crippen LogP contribution < -0.4 is 4.74 Å². The molecular weight excluding hydrogens is 393 g/mol. The summed E-state index contributed by atoms with van der Waals surface area (Å²) < 4.78 is 23.3. The van der Waals surface area contributed by atoms with Gasteiger partial charge in [-0.1, -0.05) is 31.2 Å². The van der Waals surface area contributed by atoms with E-state index in [9.17, 15) is 9.18 Å². The summed E-state index contributed by atoms with van der Waals surface area (Å²) in [5.41, 5.74) is 5.25. The Bertz CT molecular complexity index is 892. The Morgan fingerprint density at radius 2 is 1.94 bits per heavy atom. The minimum Gasteiger partial charge on any atom is -0.478 e. The summed E-state index contributed by atoms with van der Waals surface area (Å²) in [4.78, 5) is 14.0. The number of allylic oxidation sites excluding steroid dienone is 1. The molecule has 1 aliphatic carbocycles. The van der Waals surface area contributed by atoms with Gasteiger partial charge in [0.1, 0.15) is 12.5 Å². The number of halogens is 1. The normalized spacial score (nSPS) is 13.4. The van der Waals surface area contributed by atoms with Gasteiger partial charge >= 0.3 is 5.97 Å². The van der Waals surface area contributed by atoms with Crippen LogP contribution in [-0.2, 0) is 11.2 Å². The molecule has 31 heavy (non-hydrogen) atoms. The van der Waals surface area contributed by atoms with Gasteiger partial charge in [-0.2, -0.15) is 0 Å². The van der Waals surface area contributed by atoms with Crippen LogP contribution in [0.1, 0.15) is 59.7 Å². The number of carbonyl (C=O) groups excluding carboxylic acids is 1. The molecule has 0 aromatic heterocycles. The quantitative estimate of drug-likeness (QED) is 0.364. The molecule has 0 bridgehead atoms. The van der Waals surface area contributed by atoms with E-state index in [0.29, 0.717) is 25.3 Å². The molecule has 0 amide bonds. The maximum atomic E-state index is 12.5. The molecule has 0 saturated heterocycles. The van der Waals surface area contributed by atoms with E-state index >= 15 is 0 Å². The first kappa shape index (κ1) is 23.0. The maximum Gasteiger partial charge on any atom is 0.337 e. The minimum atomic E-state index is -0.303. The number of hydrogen-bond acceptors (Lipinski definition) is 4. The van der Waals surface area contributed by atoms with E-state index < -0.39 is 0 Å². The number of carbonyl (C=O) groups is 1. The second-order valence-electron chi connectivity index (χ2n) is 7.83. The number of ether oxygens (including phenoxy) is 2. The van der Waals surface area contributed by atoms with Gasteiger partial charge in [-0.25, -0.2) is 4.79 Å². The Morgan fingerprint density at radius 1 is 1.13 bits per heavy atom. The van der Waals surface area contributed by atoms with Gasteiger partial charge in [0, 0.05) is 13.1 Å². The number of hydrogen-bond donors (Lipinski definition) is 0. The molecule has 2 aromatic carbocycles. The lowest BCUT2D eigenvalue weighted by atomic mass is 9.92. The van der Waals surface area contributed by atoms with E-state index in [1.807, 2.05) is 30.3 Å². The zero-order valence-corrected chi connectivity index (χ0v) is 18.5. The predicted octanol–water partition coefficient (Wildman–Crippen LogP) is 5.65. The number of alkyl halides is 1. The molecule has 5 heteroatoms. The second kappa shape index (κ2) is 11.7. The monoisotopic (exact) mass is 425 g/mol. The molecule has 0 saturated carbocycles. The van der Waals surface area contributed by atoms with Crippen LogP contribution in [0.15, 0.2) is 48.5 Å². The summed E-state index contributed by atoms with van der Waals surface area (Å²) >= 11 is 0. The summed E-state index contributed by atoms with van der Waals surface area (Å²) in [7, 11) is 1.41. The highest BCUT2D eigenvalue weighted by Crippen LogP contribution is 2.32. The van der Waals surface area contributed by atoms with Gasteiger partial charge in [0.15, 0.2) is 0 Å². The Hall–Kier alpha value is -2.66. The van der Waals surface area contributed by atoms with Crippen molar-refractivity contribution < 1.29 is 18.7 Å². The van der Waals surface area contributed by atoms with Crippen LogP contribution in [0.2, 0.25) is 0 Å². The van der Waals surface area contributed by atoms with Gasteiger partial charge in [-0.15, -0.1) is 0 Å². The fourth-order valence-electron chi connectivity index (χ4n) is 3.97. The molecule has 0 aliphatic heterocycles. The van der Waals surface area contributed by atoms with Crippen molar-refractivity contribution in [1.82, 2.24) is 4.90 Å². The molecule has 1 aliphatic rings. The maximum absolute atomic E-state index is 12.5. The number of rotatable bonds is 10. The fraction of sp³-hybridized carbons (Fsp3) is 0.423. The molecule has 0 radical (unpaired) electrons. The third kappa shape index (κ3) is 6.17. The van der Waals surface area contributed by atoms with E-state index in [1.54, 1.807) is 0 Å². The van der Waals surface area contributed by atoms with Crippen molar-refractivity contribution in [2.45, 2.75) is 39.0 Å². The largest absolute Gasteiger partial charge is 0.478 e. The first-order chi connectivity index (χ1) is 15.2. The Morgan fingerprint density at radius 3 is 2.65 bits per heavy atom. The number of benzene rings is 2. The van der Waals surface area contributed by atoms with Crippen molar-refractivity contribution in [2.24, 2.45) is 0 Å². The first-order valence-corrected chi connectivity index (χ1v) is 11.1. The first-order valence-electron chi connectivity index (χ1n) is 11.1. The average molecular weight is 426 g/mol. The lowest BCUT2D eigenvalue weighted by Crippen LogP contribution is -2.30. The van der Waals surface area contributed by atoms with Crippen molar-refractivity contribution >= 4 is 11.5 Å². The predicted molar refractivity (Wildman–Crippen MR) is 122 cm³/mol. The third-order valence-electron chi connectivity index (χ3n) is 5.54. The number of esters is 1. The smallest absolute Gasteiger partial charge is 0.337 e. The van der Waals surface area contributed by atoms with Crippen molar-refractivity contribution in [2.75, 3.05) is 33.6 Å². The Labute approximate surface area is 184 Å². The van der Waals surface area contributed by atoms with Gasteiger partial charge in [0.05, 0.1) is 19.3 Å². The number of nitrogens with zero attached hydrogens (tertiary/aromatic N) is 1. The van der Waals surface area contributed by atoms with Crippen molar-refractivity contribution in [3.8, 4) is 5.75 Å². The molecule has 0 spiro atoms. The van der Waals surface area contributed by atoms with Gasteiger partial charge in [-0.05, 0) is 78.6 Å². The highest BCUT2D eigenvalue weighted by molar-refractivity contribution is 5.91. The SMILES string of the molecule is CCCN(CCCF)COc1ccc(C2=CCCCc3cc(C(=O)OC)ccc32)cc1. The zero-order chi connectivity index (χ0) is 22.1. The standard InChI is InChI=1S/C26H32FNO3/c1-3-16-28(17-6-15-27)19-31-23-12-9-20(10-13-23)24-8-5-4-7-21-18-22(26(29)30-2)11-14-25(21)24/h8-14,18H,3-7,15-17,19H2,1-2H3. The summed E-state index contributed by atoms with van der Waals surface area (Å²) in [5.74, 6) is 0.503. The highest BCUT2D eigenvalue weighted by Gasteiger charge is 2.16. The highest BCUT2D eigenvalue weighted by atomic mass is 19.1. The van der Waals surface area contributed by atoms with Crippen LogP contribution in [0.3, 0.4) is 0 Å². The van der Waals surface area contributed by atoms with Crippen molar-refractivity contribution in [3.05, 3.63) is 70.8 Å². The van der Waals surface area contributed by atoms with Gasteiger partial charge in [-0.3, -0.25) is 9.29 Å². The van der Waals surface area contributed by atoms with Gasteiger partial charge < -0.3 is 9.47 Å². The van der Waals surface area contributed by atoms with Crippen LogP contribution >= 0.6 is 0 Å². The van der Waals surface area contributed by atoms with E-state index in [0.717, 1.165) is 43.5 Å². The third-order valence-corrected chi connectivity index (χ3v) is 5.54. The van der Waals surface area contributed by atoms with E-state index in [2.05, 4.69) is 30.0 Å². The van der Waals surface area contributed by atoms with E-state index in [-0.39, 0.29) is 12.6 Å². The molecule has 0 unspecified atom stereocenters. The molecular formula is C26H32FNO3. The fourth-order valence-corrected chi connectivity index (χ4v) is 3.97. The van der Waals surface area contributed by atoms with E-state index in [4.69, 9.17) is 9.47 Å². The molecule has 0 heterocycles. The minimum absolute atomic E-state index is 0.299. The van der Waals surface area contributed by atoms with Gasteiger partial charge in [0.2, 0.25) is 0 Å². The summed E-state index contributed by atoms with van der Waals surface area (Å²) in [6.07, 6.45) is 6.81. The lowest BCUT2D eigenvalue weighted by molar-refractivity contribution is 0.0600. The van der Waals surface area contributed by atoms with Gasteiger partial charge in [0.25, 0.3) is 0 Å². The molecule has 166 valence electrons. The summed E-state index contributed by atoms with van der Waals surface area (Å²) in [6, 6.07) is 14.0. The van der Waals surface area contributed by atoms with Crippen LogP contribution in [0.4, 0.5) is 4.39 Å². The van der Waals surface area contributed by atoms with Crippen LogP contribution in [0.5, 0.6) is 5.75 Å². The average Bonchev–Trinajstić information content (AvgIpc) is 3.02. The Kier molecular flexibility index (Phi) is 8.65. The van der Waals surface area contributed by atoms with E-state index in [1.165, 1.54) is 23.8 Å². The zero-order valence-electron chi connectivity index (χ0n) is 18.5. The molecule has 2 aromatic rings. The number of methoxy groups -OCH3 is 1. The molecule has 4 nitrogen and oxygen atoms in total. The summed E-state index contributed by atoms with van der Waals surface area (Å²) in [5, 5.41) is 0. The second-order valence-corrected chi connectivity index (χ2v) is 7.83. The topological polar surface area (TPSA) is 38.8 Å². The molecule has 3 rings (SSSR count). The Balaban J connectivity index is 1.73. The van der Waals surface area contributed by atoms with Crippen molar-refractivity contribution in [1.29, 1.82) is 0 Å². The molecule has 0 atom stereocenters.